The second kappa shape index (κ2) is 8.72. The predicted molar refractivity (Wildman–Crippen MR) is 79.5 cm³/mol. The van der Waals surface area contributed by atoms with Gasteiger partial charge in [0.2, 0.25) is 0 Å². The molecular formula is C16H25NO3. The molecule has 0 aliphatic carbocycles. The normalized spacial score (nSPS) is 13.8. The van der Waals surface area contributed by atoms with Gasteiger partial charge in [-0.15, -0.1) is 0 Å². The average Bonchev–Trinajstić information content (AvgIpc) is 2.46. The molecule has 112 valence electrons. The molecule has 1 aromatic carbocycles. The number of hydrogen-bond acceptors (Lipinski definition) is 4. The second-order valence-corrected chi connectivity index (χ2v) is 4.79. The van der Waals surface area contributed by atoms with Crippen LogP contribution in [0.3, 0.4) is 0 Å². The second-order valence-electron chi connectivity index (χ2n) is 4.79. The van der Waals surface area contributed by atoms with Crippen molar-refractivity contribution < 1.29 is 14.3 Å². The van der Waals surface area contributed by atoms with Crippen LogP contribution in [0.4, 0.5) is 0 Å². The van der Waals surface area contributed by atoms with E-state index >= 15 is 0 Å². The molecule has 0 aliphatic heterocycles. The van der Waals surface area contributed by atoms with E-state index in [9.17, 15) is 4.79 Å². The van der Waals surface area contributed by atoms with Gasteiger partial charge in [-0.1, -0.05) is 37.3 Å². The number of nitrogens with one attached hydrogen (secondary N) is 1. The van der Waals surface area contributed by atoms with Crippen LogP contribution in [-0.4, -0.2) is 32.8 Å². The van der Waals surface area contributed by atoms with Gasteiger partial charge in [0.05, 0.1) is 25.2 Å². The average molecular weight is 279 g/mol. The van der Waals surface area contributed by atoms with E-state index in [2.05, 4.69) is 12.2 Å². The summed E-state index contributed by atoms with van der Waals surface area (Å²) < 4.78 is 10.5. The standard InChI is InChI=1S/C16H25NO3/c1-4-11-17-16(13-19-3,12-15(18)20-5-2)14-9-7-6-8-10-14/h6-10,17H,4-5,11-13H2,1-3H3. The molecule has 0 fully saturated rings. The number of ether oxygens (including phenoxy) is 2. The molecule has 1 aromatic rings. The van der Waals surface area contributed by atoms with Gasteiger partial charge in [-0.05, 0) is 25.5 Å². The molecule has 0 saturated carbocycles. The Balaban J connectivity index is 3.03. The fourth-order valence-corrected chi connectivity index (χ4v) is 2.28. The zero-order chi connectivity index (χ0) is 14.8. The zero-order valence-corrected chi connectivity index (χ0v) is 12.6. The molecule has 4 heteroatoms. The Kier molecular flexibility index (Phi) is 7.26. The minimum absolute atomic E-state index is 0.211. The van der Waals surface area contributed by atoms with Gasteiger partial charge in [0.25, 0.3) is 0 Å². The number of rotatable bonds is 9. The molecule has 1 rings (SSSR count). The molecule has 0 heterocycles. The van der Waals surface area contributed by atoms with Crippen molar-refractivity contribution >= 4 is 5.97 Å². The molecule has 0 spiro atoms. The van der Waals surface area contributed by atoms with Crippen LogP contribution in [0.1, 0.15) is 32.3 Å². The van der Waals surface area contributed by atoms with Gasteiger partial charge >= 0.3 is 5.97 Å². The first-order valence-corrected chi connectivity index (χ1v) is 7.13. The van der Waals surface area contributed by atoms with Crippen LogP contribution in [0.2, 0.25) is 0 Å². The van der Waals surface area contributed by atoms with E-state index < -0.39 is 5.54 Å². The third-order valence-electron chi connectivity index (χ3n) is 3.18. The molecule has 0 amide bonds. The molecule has 1 unspecified atom stereocenters. The van der Waals surface area contributed by atoms with E-state index in [1.165, 1.54) is 0 Å². The van der Waals surface area contributed by atoms with Gasteiger partial charge in [0, 0.05) is 7.11 Å². The summed E-state index contributed by atoms with van der Waals surface area (Å²) in [6.07, 6.45) is 1.25. The summed E-state index contributed by atoms with van der Waals surface area (Å²) in [5, 5.41) is 3.46. The van der Waals surface area contributed by atoms with Crippen molar-refractivity contribution in [1.29, 1.82) is 0 Å². The van der Waals surface area contributed by atoms with Crippen molar-refractivity contribution in [2.75, 3.05) is 26.9 Å². The SMILES string of the molecule is CCCNC(COC)(CC(=O)OCC)c1ccccc1. The van der Waals surface area contributed by atoms with Gasteiger partial charge in [0.15, 0.2) is 0 Å². The number of benzene rings is 1. The molecule has 0 aromatic heterocycles. The first-order valence-electron chi connectivity index (χ1n) is 7.13. The van der Waals surface area contributed by atoms with Crippen LogP contribution >= 0.6 is 0 Å². The van der Waals surface area contributed by atoms with Gasteiger partial charge in [-0.25, -0.2) is 0 Å². The van der Waals surface area contributed by atoms with Crippen molar-refractivity contribution in [2.24, 2.45) is 0 Å². The quantitative estimate of drug-likeness (QED) is 0.706. The van der Waals surface area contributed by atoms with Crippen LogP contribution in [0, 0.1) is 0 Å². The van der Waals surface area contributed by atoms with E-state index in [1.54, 1.807) is 7.11 Å². The van der Waals surface area contributed by atoms with E-state index in [1.807, 2.05) is 37.3 Å². The Morgan fingerprint density at radius 3 is 2.50 bits per heavy atom. The Bertz CT molecular complexity index is 394. The van der Waals surface area contributed by atoms with Crippen molar-refractivity contribution in [1.82, 2.24) is 5.32 Å². The van der Waals surface area contributed by atoms with Gasteiger partial charge < -0.3 is 14.8 Å². The molecule has 1 atom stereocenters. The molecular weight excluding hydrogens is 254 g/mol. The van der Waals surface area contributed by atoms with Gasteiger partial charge in [-0.2, -0.15) is 0 Å². The third-order valence-corrected chi connectivity index (χ3v) is 3.18. The molecule has 20 heavy (non-hydrogen) atoms. The zero-order valence-electron chi connectivity index (χ0n) is 12.6. The van der Waals surface area contributed by atoms with Crippen molar-refractivity contribution in [3.8, 4) is 0 Å². The third kappa shape index (κ3) is 4.62. The Morgan fingerprint density at radius 1 is 1.25 bits per heavy atom. The van der Waals surface area contributed by atoms with Crippen LogP contribution < -0.4 is 5.32 Å². The number of methoxy groups -OCH3 is 1. The number of esters is 1. The first-order chi connectivity index (χ1) is 9.68. The molecule has 0 aliphatic rings. The van der Waals surface area contributed by atoms with Crippen molar-refractivity contribution in [3.05, 3.63) is 35.9 Å². The summed E-state index contributed by atoms with van der Waals surface area (Å²) in [6, 6.07) is 9.93. The largest absolute Gasteiger partial charge is 0.466 e. The maximum Gasteiger partial charge on any atom is 0.308 e. The highest BCUT2D eigenvalue weighted by Crippen LogP contribution is 2.26. The Morgan fingerprint density at radius 2 is 1.95 bits per heavy atom. The highest BCUT2D eigenvalue weighted by Gasteiger charge is 2.34. The summed E-state index contributed by atoms with van der Waals surface area (Å²) in [5.74, 6) is -0.211. The van der Waals surface area contributed by atoms with Gasteiger partial charge in [-0.3, -0.25) is 4.79 Å². The number of carbonyl (C=O) groups excluding carboxylic acids is 1. The van der Waals surface area contributed by atoms with Crippen LogP contribution in [0.15, 0.2) is 30.3 Å². The first kappa shape index (κ1) is 16.7. The maximum atomic E-state index is 12.0. The maximum absolute atomic E-state index is 12.0. The summed E-state index contributed by atoms with van der Waals surface area (Å²) >= 11 is 0. The van der Waals surface area contributed by atoms with E-state index in [4.69, 9.17) is 9.47 Å². The highest BCUT2D eigenvalue weighted by atomic mass is 16.5. The van der Waals surface area contributed by atoms with E-state index in [0.717, 1.165) is 18.5 Å². The molecule has 0 bridgehead atoms. The lowest BCUT2D eigenvalue weighted by Crippen LogP contribution is -2.48. The lowest BCUT2D eigenvalue weighted by Gasteiger charge is -2.34. The number of carbonyl (C=O) groups is 1. The van der Waals surface area contributed by atoms with Gasteiger partial charge in [0.1, 0.15) is 0 Å². The van der Waals surface area contributed by atoms with Crippen LogP contribution in [0.25, 0.3) is 0 Å². The van der Waals surface area contributed by atoms with Crippen molar-refractivity contribution in [2.45, 2.75) is 32.2 Å². The van der Waals surface area contributed by atoms with E-state index in [0.29, 0.717) is 13.2 Å². The van der Waals surface area contributed by atoms with Crippen LogP contribution in [0.5, 0.6) is 0 Å². The topological polar surface area (TPSA) is 47.6 Å². The minimum atomic E-state index is -0.529. The molecule has 0 radical (unpaired) electrons. The number of hydrogen-bond donors (Lipinski definition) is 1. The predicted octanol–water partition coefficient (Wildman–Crippen LogP) is 2.48. The van der Waals surface area contributed by atoms with Crippen LogP contribution in [-0.2, 0) is 19.8 Å². The summed E-state index contributed by atoms with van der Waals surface area (Å²) in [7, 11) is 1.65. The highest BCUT2D eigenvalue weighted by molar-refractivity contribution is 5.71. The minimum Gasteiger partial charge on any atom is -0.466 e. The molecule has 4 nitrogen and oxygen atoms in total. The Hall–Kier alpha value is -1.39. The molecule has 1 N–H and O–H groups in total. The smallest absolute Gasteiger partial charge is 0.308 e. The lowest BCUT2D eigenvalue weighted by molar-refractivity contribution is -0.145. The van der Waals surface area contributed by atoms with Crippen molar-refractivity contribution in [3.63, 3.8) is 0 Å². The molecule has 0 saturated heterocycles. The fraction of sp³-hybridized carbons (Fsp3) is 0.562. The summed E-state index contributed by atoms with van der Waals surface area (Å²) in [4.78, 5) is 12.0. The summed E-state index contributed by atoms with van der Waals surface area (Å²) in [5.41, 5.74) is 0.515. The fourth-order valence-electron chi connectivity index (χ4n) is 2.28. The summed E-state index contributed by atoms with van der Waals surface area (Å²) in [6.45, 7) is 5.55. The Labute approximate surface area is 121 Å². The lowest BCUT2D eigenvalue weighted by atomic mass is 9.87. The van der Waals surface area contributed by atoms with E-state index in [-0.39, 0.29) is 12.4 Å². The monoisotopic (exact) mass is 279 g/mol.